The maximum absolute atomic E-state index is 13.3. The fourth-order valence-electron chi connectivity index (χ4n) is 2.31. The Kier molecular flexibility index (Phi) is 5.20. The number of aromatic nitrogens is 3. The van der Waals surface area contributed by atoms with Crippen LogP contribution in [0.2, 0.25) is 0 Å². The Hall–Kier alpha value is -3.62. The first-order valence-electron chi connectivity index (χ1n) is 7.78. The maximum atomic E-state index is 13.3. The Morgan fingerprint density at radius 1 is 1.11 bits per heavy atom. The molecule has 27 heavy (non-hydrogen) atoms. The number of aromatic hydroxyl groups is 1. The van der Waals surface area contributed by atoms with Crippen LogP contribution >= 0.6 is 0 Å². The molecule has 2 aromatic carbocycles. The predicted molar refractivity (Wildman–Crippen MR) is 94.0 cm³/mol. The molecule has 0 atom stereocenters. The van der Waals surface area contributed by atoms with Crippen molar-refractivity contribution in [3.8, 4) is 5.75 Å². The van der Waals surface area contributed by atoms with Crippen LogP contribution in [0.25, 0.3) is 6.08 Å². The monoisotopic (exact) mass is 373 g/mol. The fourth-order valence-corrected chi connectivity index (χ4v) is 2.31. The van der Waals surface area contributed by atoms with Crippen molar-refractivity contribution in [2.75, 3.05) is 5.32 Å². The Morgan fingerprint density at radius 2 is 1.85 bits per heavy atom. The maximum Gasteiger partial charge on any atom is 0.165 e. The highest BCUT2D eigenvalue weighted by Crippen LogP contribution is 2.17. The molecule has 0 bridgehead atoms. The summed E-state index contributed by atoms with van der Waals surface area (Å²) < 4.78 is 39.6. The van der Waals surface area contributed by atoms with Crippen molar-refractivity contribution in [1.29, 1.82) is 5.41 Å². The SMILES string of the molecule is N=C(/C=C\c1nnc(Cc2ccc(O)c(F)c2)[nH]1)Nc1cc(F)cc(F)c1. The molecule has 3 rings (SSSR count). The van der Waals surface area contributed by atoms with Gasteiger partial charge in [-0.05, 0) is 42.0 Å². The fraction of sp³-hybridized carbons (Fsp3) is 0.0556. The smallest absolute Gasteiger partial charge is 0.165 e. The minimum atomic E-state index is -0.750. The summed E-state index contributed by atoms with van der Waals surface area (Å²) in [5.41, 5.74) is 0.703. The number of H-pyrrole nitrogens is 1. The molecule has 138 valence electrons. The third-order valence-corrected chi connectivity index (χ3v) is 3.48. The molecule has 0 aliphatic carbocycles. The number of amidine groups is 1. The van der Waals surface area contributed by atoms with Gasteiger partial charge in [0.25, 0.3) is 0 Å². The molecular formula is C18H14F3N5O. The molecule has 6 nitrogen and oxygen atoms in total. The van der Waals surface area contributed by atoms with E-state index < -0.39 is 23.2 Å². The van der Waals surface area contributed by atoms with E-state index in [2.05, 4.69) is 20.5 Å². The minimum Gasteiger partial charge on any atom is -0.505 e. The van der Waals surface area contributed by atoms with Gasteiger partial charge in [0, 0.05) is 18.2 Å². The third-order valence-electron chi connectivity index (χ3n) is 3.48. The molecule has 0 unspecified atom stereocenters. The molecule has 1 aromatic heterocycles. The summed E-state index contributed by atoms with van der Waals surface area (Å²) >= 11 is 0. The summed E-state index contributed by atoms with van der Waals surface area (Å²) in [6.45, 7) is 0. The lowest BCUT2D eigenvalue weighted by Gasteiger charge is -2.04. The van der Waals surface area contributed by atoms with E-state index in [4.69, 9.17) is 5.41 Å². The highest BCUT2D eigenvalue weighted by atomic mass is 19.1. The topological polar surface area (TPSA) is 97.7 Å². The molecular weight excluding hydrogens is 359 g/mol. The zero-order valence-corrected chi connectivity index (χ0v) is 13.8. The van der Waals surface area contributed by atoms with Crippen molar-refractivity contribution in [2.24, 2.45) is 0 Å². The van der Waals surface area contributed by atoms with Gasteiger partial charge in [0.1, 0.15) is 23.3 Å². The summed E-state index contributed by atoms with van der Waals surface area (Å²) in [4.78, 5) is 2.89. The number of halogens is 3. The average molecular weight is 373 g/mol. The third kappa shape index (κ3) is 4.94. The Bertz CT molecular complexity index is 996. The van der Waals surface area contributed by atoms with Crippen molar-refractivity contribution in [3.05, 3.63) is 77.1 Å². The van der Waals surface area contributed by atoms with Crippen LogP contribution in [0.4, 0.5) is 18.9 Å². The van der Waals surface area contributed by atoms with Crippen molar-refractivity contribution in [3.63, 3.8) is 0 Å². The van der Waals surface area contributed by atoms with Crippen molar-refractivity contribution in [2.45, 2.75) is 6.42 Å². The Balaban J connectivity index is 1.62. The predicted octanol–water partition coefficient (Wildman–Crippen LogP) is 3.62. The van der Waals surface area contributed by atoms with E-state index in [0.29, 0.717) is 17.2 Å². The van der Waals surface area contributed by atoms with Crippen molar-refractivity contribution < 1.29 is 18.3 Å². The number of hydrogen-bond acceptors (Lipinski definition) is 4. The van der Waals surface area contributed by atoms with Crippen molar-refractivity contribution >= 4 is 17.6 Å². The molecule has 3 aromatic rings. The lowest BCUT2D eigenvalue weighted by Crippen LogP contribution is -2.07. The van der Waals surface area contributed by atoms with Crippen molar-refractivity contribution in [1.82, 2.24) is 15.2 Å². The second-order valence-electron chi connectivity index (χ2n) is 5.65. The molecule has 4 N–H and O–H groups in total. The van der Waals surface area contributed by atoms with Gasteiger partial charge in [-0.15, -0.1) is 10.2 Å². The van der Waals surface area contributed by atoms with Gasteiger partial charge < -0.3 is 15.4 Å². The number of hydrogen-bond donors (Lipinski definition) is 4. The number of phenols is 1. The van der Waals surface area contributed by atoms with E-state index in [0.717, 1.165) is 18.2 Å². The molecule has 9 heteroatoms. The van der Waals surface area contributed by atoms with Crippen LogP contribution in [0.5, 0.6) is 5.75 Å². The molecule has 0 spiro atoms. The van der Waals surface area contributed by atoms with Crippen LogP contribution in [-0.2, 0) is 6.42 Å². The second-order valence-corrected chi connectivity index (χ2v) is 5.65. The van der Waals surface area contributed by atoms with Gasteiger partial charge in [0.05, 0.1) is 0 Å². The first-order valence-corrected chi connectivity index (χ1v) is 7.78. The van der Waals surface area contributed by atoms with E-state index in [-0.39, 0.29) is 17.9 Å². The summed E-state index contributed by atoms with van der Waals surface area (Å²) in [6, 6.07) is 6.88. The summed E-state index contributed by atoms with van der Waals surface area (Å²) in [5.74, 6) is -1.95. The van der Waals surface area contributed by atoms with Crippen LogP contribution < -0.4 is 5.32 Å². The minimum absolute atomic E-state index is 0.106. The number of nitrogens with zero attached hydrogens (tertiary/aromatic N) is 2. The quantitative estimate of drug-likeness (QED) is 0.406. The lowest BCUT2D eigenvalue weighted by atomic mass is 10.1. The summed E-state index contributed by atoms with van der Waals surface area (Å²) in [5, 5.41) is 27.3. The number of rotatable bonds is 5. The Morgan fingerprint density at radius 3 is 2.56 bits per heavy atom. The average Bonchev–Trinajstić information content (AvgIpc) is 3.03. The van der Waals surface area contributed by atoms with Crippen LogP contribution in [0.1, 0.15) is 17.2 Å². The normalized spacial score (nSPS) is 11.1. The number of aromatic amines is 1. The molecule has 0 amide bonds. The molecule has 0 saturated carbocycles. The van der Waals surface area contributed by atoms with Crippen LogP contribution in [0, 0.1) is 22.9 Å². The largest absolute Gasteiger partial charge is 0.505 e. The van der Waals surface area contributed by atoms with Gasteiger partial charge >= 0.3 is 0 Å². The second kappa shape index (κ2) is 7.73. The highest BCUT2D eigenvalue weighted by Gasteiger charge is 2.06. The lowest BCUT2D eigenvalue weighted by molar-refractivity contribution is 0.432. The number of anilines is 1. The summed E-state index contributed by atoms with van der Waals surface area (Å²) in [6.07, 6.45) is 3.07. The van der Waals surface area contributed by atoms with Crippen LogP contribution in [0.3, 0.4) is 0 Å². The zero-order chi connectivity index (χ0) is 19.4. The number of phenolic OH excluding ortho intramolecular Hbond substituents is 1. The van der Waals surface area contributed by atoms with E-state index in [1.54, 1.807) is 6.07 Å². The van der Waals surface area contributed by atoms with Gasteiger partial charge in [-0.2, -0.15) is 0 Å². The number of benzene rings is 2. The van der Waals surface area contributed by atoms with E-state index in [9.17, 15) is 18.3 Å². The molecule has 0 aliphatic rings. The standard InChI is InChI=1S/C18H14F3N5O/c19-11-7-12(20)9-13(8-11)23-16(22)3-4-17-24-18(26-25-17)6-10-1-2-15(27)14(21)5-10/h1-5,7-9,27H,6H2,(H2,22,23)(H,24,25,26)/b4-3-. The van der Waals surface area contributed by atoms with Crippen LogP contribution in [0.15, 0.2) is 42.5 Å². The first kappa shape index (κ1) is 18.2. The molecule has 0 fully saturated rings. The molecule has 0 radical (unpaired) electrons. The van der Waals surface area contributed by atoms with Crippen LogP contribution in [-0.4, -0.2) is 26.1 Å². The van der Waals surface area contributed by atoms with E-state index >= 15 is 0 Å². The Labute approximate surface area is 151 Å². The molecule has 0 saturated heterocycles. The van der Waals surface area contributed by atoms with Gasteiger partial charge in [-0.1, -0.05) is 6.07 Å². The van der Waals surface area contributed by atoms with E-state index in [1.807, 2.05) is 0 Å². The van der Waals surface area contributed by atoms with Gasteiger partial charge in [0.15, 0.2) is 17.4 Å². The van der Waals surface area contributed by atoms with Gasteiger partial charge in [-0.25, -0.2) is 13.2 Å². The summed E-state index contributed by atoms with van der Waals surface area (Å²) in [7, 11) is 0. The molecule has 1 heterocycles. The number of nitrogens with one attached hydrogen (secondary N) is 3. The van der Waals surface area contributed by atoms with Gasteiger partial charge in [-0.3, -0.25) is 5.41 Å². The zero-order valence-electron chi connectivity index (χ0n) is 13.8. The highest BCUT2D eigenvalue weighted by molar-refractivity contribution is 6.03. The first-order chi connectivity index (χ1) is 12.9. The van der Waals surface area contributed by atoms with E-state index in [1.165, 1.54) is 24.3 Å². The molecule has 0 aliphatic heterocycles. The van der Waals surface area contributed by atoms with Gasteiger partial charge in [0.2, 0.25) is 0 Å².